The summed E-state index contributed by atoms with van der Waals surface area (Å²) < 4.78 is 0. The number of nitrogens with zero attached hydrogens (tertiary/aromatic N) is 1. The quantitative estimate of drug-likeness (QED) is 0.812. The van der Waals surface area contributed by atoms with E-state index in [0.29, 0.717) is 6.42 Å². The second-order valence-corrected chi connectivity index (χ2v) is 3.96. The predicted octanol–water partition coefficient (Wildman–Crippen LogP) is 1.45. The number of ketones is 1. The Kier molecular flexibility index (Phi) is 3.86. The Labute approximate surface area is 90.3 Å². The molecule has 0 saturated carbocycles. The number of carbonyl (C=O) groups is 1. The van der Waals surface area contributed by atoms with E-state index in [4.69, 9.17) is 0 Å². The van der Waals surface area contributed by atoms with Crippen LogP contribution in [-0.2, 0) is 11.2 Å². The Balaban J connectivity index is 2.79. The Hall–Kier alpha value is -1.35. The van der Waals surface area contributed by atoms with Crippen molar-refractivity contribution < 1.29 is 9.90 Å². The molecule has 1 N–H and O–H groups in total. The van der Waals surface area contributed by atoms with Crippen molar-refractivity contribution in [2.75, 3.05) is 14.1 Å². The fourth-order valence-electron chi connectivity index (χ4n) is 1.60. The molecule has 0 aromatic heterocycles. The molecule has 0 aliphatic carbocycles. The van der Waals surface area contributed by atoms with E-state index in [1.165, 1.54) is 0 Å². The molecule has 0 fully saturated rings. The summed E-state index contributed by atoms with van der Waals surface area (Å²) in [6.07, 6.45) is 0.636. The van der Waals surface area contributed by atoms with Gasteiger partial charge in [-0.25, -0.2) is 0 Å². The minimum atomic E-state index is -0.119. The molecule has 1 rings (SSSR count). The van der Waals surface area contributed by atoms with Crippen LogP contribution in [0.25, 0.3) is 0 Å². The summed E-state index contributed by atoms with van der Waals surface area (Å²) in [6, 6.07) is 6.91. The first-order valence-corrected chi connectivity index (χ1v) is 4.95. The van der Waals surface area contributed by atoms with Gasteiger partial charge in [-0.1, -0.05) is 12.1 Å². The minimum Gasteiger partial charge on any atom is -0.508 e. The molecule has 0 bridgehead atoms. The number of phenols is 1. The van der Waals surface area contributed by atoms with Crippen LogP contribution >= 0.6 is 0 Å². The molecule has 15 heavy (non-hydrogen) atoms. The topological polar surface area (TPSA) is 40.5 Å². The summed E-state index contributed by atoms with van der Waals surface area (Å²) in [5, 5.41) is 9.30. The monoisotopic (exact) mass is 207 g/mol. The van der Waals surface area contributed by atoms with E-state index in [0.717, 1.165) is 5.56 Å². The van der Waals surface area contributed by atoms with Gasteiger partial charge < -0.3 is 5.11 Å². The lowest BCUT2D eigenvalue weighted by Crippen LogP contribution is -2.36. The Morgan fingerprint density at radius 1 is 1.47 bits per heavy atom. The summed E-state index contributed by atoms with van der Waals surface area (Å²) in [6.45, 7) is 1.59. The van der Waals surface area contributed by atoms with Crippen molar-refractivity contribution in [2.45, 2.75) is 19.4 Å². The summed E-state index contributed by atoms with van der Waals surface area (Å²) in [4.78, 5) is 13.3. The fraction of sp³-hybridized carbons (Fsp3) is 0.417. The van der Waals surface area contributed by atoms with E-state index in [9.17, 15) is 9.90 Å². The molecule has 0 spiro atoms. The number of likely N-dealkylation sites (N-methyl/N-ethyl adjacent to an activating group) is 1. The Morgan fingerprint density at radius 3 is 2.60 bits per heavy atom. The number of hydrogen-bond acceptors (Lipinski definition) is 3. The zero-order valence-electron chi connectivity index (χ0n) is 9.40. The van der Waals surface area contributed by atoms with Gasteiger partial charge in [0.1, 0.15) is 11.5 Å². The van der Waals surface area contributed by atoms with Gasteiger partial charge in [0, 0.05) is 0 Å². The average Bonchev–Trinajstić information content (AvgIpc) is 2.13. The molecule has 3 nitrogen and oxygen atoms in total. The average molecular weight is 207 g/mol. The van der Waals surface area contributed by atoms with Crippen molar-refractivity contribution in [3.63, 3.8) is 0 Å². The summed E-state index contributed by atoms with van der Waals surface area (Å²) in [5.74, 6) is 0.386. The standard InChI is InChI=1S/C12H17NO2/c1-9(14)12(13(2)3)8-10-5-4-6-11(15)7-10/h4-7,12,15H,8H2,1-3H3/t12-/m0/s1. The Morgan fingerprint density at radius 2 is 2.13 bits per heavy atom. The smallest absolute Gasteiger partial charge is 0.147 e. The van der Waals surface area contributed by atoms with Gasteiger partial charge in [0.25, 0.3) is 0 Å². The summed E-state index contributed by atoms with van der Waals surface area (Å²) in [7, 11) is 3.77. The summed E-state index contributed by atoms with van der Waals surface area (Å²) >= 11 is 0. The van der Waals surface area contributed by atoms with Crippen molar-refractivity contribution in [3.05, 3.63) is 29.8 Å². The van der Waals surface area contributed by atoms with Crippen LogP contribution in [0.3, 0.4) is 0 Å². The van der Waals surface area contributed by atoms with Gasteiger partial charge in [-0.3, -0.25) is 9.69 Å². The first kappa shape index (κ1) is 11.7. The molecule has 0 saturated heterocycles. The fourth-order valence-corrected chi connectivity index (χ4v) is 1.60. The molecular formula is C12H17NO2. The SMILES string of the molecule is CC(=O)[C@H](Cc1cccc(O)c1)N(C)C. The molecule has 0 aliphatic heterocycles. The van der Waals surface area contributed by atoms with Crippen LogP contribution in [0.2, 0.25) is 0 Å². The van der Waals surface area contributed by atoms with E-state index < -0.39 is 0 Å². The van der Waals surface area contributed by atoms with Gasteiger partial charge in [-0.05, 0) is 45.1 Å². The molecule has 3 heteroatoms. The predicted molar refractivity (Wildman–Crippen MR) is 60.0 cm³/mol. The van der Waals surface area contributed by atoms with Crippen LogP contribution in [0.4, 0.5) is 0 Å². The maximum atomic E-state index is 11.4. The number of carbonyl (C=O) groups excluding carboxylic acids is 1. The van der Waals surface area contributed by atoms with Gasteiger partial charge in [0.15, 0.2) is 0 Å². The van der Waals surface area contributed by atoms with E-state index in [2.05, 4.69) is 0 Å². The molecule has 1 aromatic carbocycles. The number of rotatable bonds is 4. The lowest BCUT2D eigenvalue weighted by Gasteiger charge is -2.21. The molecule has 1 atom stereocenters. The zero-order valence-corrected chi connectivity index (χ0v) is 9.40. The molecule has 0 unspecified atom stereocenters. The number of benzene rings is 1. The van der Waals surface area contributed by atoms with Crippen molar-refractivity contribution in [2.24, 2.45) is 0 Å². The van der Waals surface area contributed by atoms with Crippen LogP contribution in [0.1, 0.15) is 12.5 Å². The van der Waals surface area contributed by atoms with Crippen LogP contribution in [0, 0.1) is 0 Å². The first-order chi connectivity index (χ1) is 7.00. The van der Waals surface area contributed by atoms with Gasteiger partial charge in [-0.2, -0.15) is 0 Å². The van der Waals surface area contributed by atoms with Gasteiger partial charge in [0.2, 0.25) is 0 Å². The lowest BCUT2D eigenvalue weighted by atomic mass is 10.0. The third kappa shape index (κ3) is 3.36. The van der Waals surface area contributed by atoms with Crippen LogP contribution in [0.5, 0.6) is 5.75 Å². The molecule has 82 valence electrons. The molecule has 0 amide bonds. The third-order valence-corrected chi connectivity index (χ3v) is 2.43. The lowest BCUT2D eigenvalue weighted by molar-refractivity contribution is -0.121. The largest absolute Gasteiger partial charge is 0.508 e. The van der Waals surface area contributed by atoms with Crippen LogP contribution < -0.4 is 0 Å². The van der Waals surface area contributed by atoms with Crippen LogP contribution in [-0.4, -0.2) is 35.9 Å². The second-order valence-electron chi connectivity index (χ2n) is 3.96. The van der Waals surface area contributed by atoms with E-state index >= 15 is 0 Å². The number of aromatic hydroxyl groups is 1. The zero-order chi connectivity index (χ0) is 11.4. The van der Waals surface area contributed by atoms with Crippen molar-refractivity contribution in [3.8, 4) is 5.75 Å². The van der Waals surface area contributed by atoms with E-state index in [1.807, 2.05) is 25.1 Å². The first-order valence-electron chi connectivity index (χ1n) is 4.95. The highest BCUT2D eigenvalue weighted by Crippen LogP contribution is 2.14. The molecule has 0 aliphatic rings. The van der Waals surface area contributed by atoms with Crippen molar-refractivity contribution in [1.82, 2.24) is 4.90 Å². The molecular weight excluding hydrogens is 190 g/mol. The maximum Gasteiger partial charge on any atom is 0.147 e. The highest BCUT2D eigenvalue weighted by atomic mass is 16.3. The van der Waals surface area contributed by atoms with Crippen molar-refractivity contribution >= 4 is 5.78 Å². The van der Waals surface area contributed by atoms with Gasteiger partial charge in [-0.15, -0.1) is 0 Å². The van der Waals surface area contributed by atoms with Crippen molar-refractivity contribution in [1.29, 1.82) is 0 Å². The Bertz CT molecular complexity index is 347. The van der Waals surface area contributed by atoms with Crippen LogP contribution in [0.15, 0.2) is 24.3 Å². The highest BCUT2D eigenvalue weighted by Gasteiger charge is 2.16. The molecule has 0 heterocycles. The minimum absolute atomic E-state index is 0.119. The highest BCUT2D eigenvalue weighted by molar-refractivity contribution is 5.81. The summed E-state index contributed by atoms with van der Waals surface area (Å²) in [5.41, 5.74) is 0.976. The normalized spacial score (nSPS) is 12.8. The number of phenolic OH excluding ortho intramolecular Hbond substituents is 1. The van der Waals surface area contributed by atoms with E-state index in [1.54, 1.807) is 25.1 Å². The molecule has 1 aromatic rings. The number of Topliss-reactive ketones (excluding diaryl/α,β-unsaturated/α-hetero) is 1. The van der Waals surface area contributed by atoms with Gasteiger partial charge in [0.05, 0.1) is 6.04 Å². The maximum absolute atomic E-state index is 11.4. The van der Waals surface area contributed by atoms with E-state index in [-0.39, 0.29) is 17.6 Å². The third-order valence-electron chi connectivity index (χ3n) is 2.43. The molecule has 0 radical (unpaired) electrons. The number of hydrogen-bond donors (Lipinski definition) is 1. The van der Waals surface area contributed by atoms with Gasteiger partial charge >= 0.3 is 0 Å². The second kappa shape index (κ2) is 4.94.